The van der Waals surface area contributed by atoms with E-state index in [4.69, 9.17) is 28.5 Å². The summed E-state index contributed by atoms with van der Waals surface area (Å²) in [6.45, 7) is 0. The minimum Gasteiger partial charge on any atom is -0.342 e. The molecule has 0 aliphatic carbocycles. The van der Waals surface area contributed by atoms with E-state index in [-0.39, 0.29) is 21.3 Å². The van der Waals surface area contributed by atoms with Gasteiger partial charge in [0, 0.05) is 5.56 Å². The number of alkyl halides is 3. The van der Waals surface area contributed by atoms with Gasteiger partial charge in [0.2, 0.25) is 0 Å². The topological polar surface area (TPSA) is 39.6 Å². The highest BCUT2D eigenvalue weighted by atomic mass is 35.5. The molecule has 2 nitrogen and oxygen atoms in total. The predicted molar refractivity (Wildman–Crippen MR) is 66.0 cm³/mol. The van der Waals surface area contributed by atoms with E-state index in [2.05, 4.69) is 0 Å². The van der Waals surface area contributed by atoms with E-state index in [9.17, 15) is 13.2 Å². The van der Waals surface area contributed by atoms with Crippen LogP contribution >= 0.6 is 23.2 Å². The molecule has 0 saturated carbocycles. The highest BCUT2D eigenvalue weighted by Gasteiger charge is 2.33. The maximum atomic E-state index is 12.6. The lowest BCUT2D eigenvalue weighted by molar-refractivity contribution is -0.140. The van der Waals surface area contributed by atoms with Gasteiger partial charge in [0.1, 0.15) is 17.5 Å². The van der Waals surface area contributed by atoms with E-state index in [0.717, 1.165) is 6.07 Å². The summed E-state index contributed by atoms with van der Waals surface area (Å²) < 4.78 is 37.8. The van der Waals surface area contributed by atoms with Crippen molar-refractivity contribution in [1.82, 2.24) is 4.98 Å². The van der Waals surface area contributed by atoms with Gasteiger partial charge in [0.15, 0.2) is 0 Å². The summed E-state index contributed by atoms with van der Waals surface area (Å²) in [4.78, 5) is 2.04. The first-order chi connectivity index (χ1) is 8.82. The van der Waals surface area contributed by atoms with Crippen molar-refractivity contribution in [1.29, 1.82) is 5.26 Å². The van der Waals surface area contributed by atoms with Gasteiger partial charge in [-0.15, -0.1) is 0 Å². The fourth-order valence-electron chi connectivity index (χ4n) is 1.59. The lowest BCUT2D eigenvalue weighted by Crippen LogP contribution is -2.04. The lowest BCUT2D eigenvalue weighted by Gasteiger charge is -2.02. The molecule has 0 spiro atoms. The Morgan fingerprint density at radius 2 is 1.79 bits per heavy atom. The van der Waals surface area contributed by atoms with Crippen molar-refractivity contribution in [2.75, 3.05) is 0 Å². The summed E-state index contributed by atoms with van der Waals surface area (Å²) in [5, 5.41) is 9.37. The minimum absolute atomic E-state index is 0.133. The Kier molecular flexibility index (Phi) is 3.48. The molecule has 0 atom stereocenters. The zero-order chi connectivity index (χ0) is 14.2. The molecule has 1 heterocycles. The maximum absolute atomic E-state index is 12.6. The molecule has 1 N–H and O–H groups in total. The monoisotopic (exact) mass is 304 g/mol. The third-order valence-corrected chi connectivity index (χ3v) is 3.20. The molecule has 2 aromatic rings. The van der Waals surface area contributed by atoms with Crippen LogP contribution < -0.4 is 0 Å². The molecule has 0 saturated heterocycles. The average Bonchev–Trinajstić information content (AvgIpc) is 2.76. The van der Waals surface area contributed by atoms with Crippen LogP contribution in [0.25, 0.3) is 11.1 Å². The second kappa shape index (κ2) is 4.80. The van der Waals surface area contributed by atoms with Gasteiger partial charge in [-0.3, -0.25) is 0 Å². The van der Waals surface area contributed by atoms with Gasteiger partial charge in [0.25, 0.3) is 0 Å². The Morgan fingerprint density at radius 1 is 1.11 bits per heavy atom. The number of nitrogens with one attached hydrogen (secondary N) is 1. The van der Waals surface area contributed by atoms with Crippen LogP contribution in [0.4, 0.5) is 13.2 Å². The van der Waals surface area contributed by atoms with E-state index in [1.54, 1.807) is 6.07 Å². The van der Waals surface area contributed by atoms with E-state index in [0.29, 0.717) is 5.56 Å². The van der Waals surface area contributed by atoms with E-state index in [1.807, 2.05) is 4.98 Å². The number of hydrogen-bond acceptors (Lipinski definition) is 1. The summed E-state index contributed by atoms with van der Waals surface area (Å²) in [5.41, 5.74) is -0.637. The fraction of sp³-hybridized carbons (Fsp3) is 0.0833. The summed E-state index contributed by atoms with van der Waals surface area (Å²) in [7, 11) is 0. The third kappa shape index (κ3) is 2.70. The van der Waals surface area contributed by atoms with Crippen LogP contribution in [0.15, 0.2) is 24.3 Å². The minimum atomic E-state index is -4.54. The van der Waals surface area contributed by atoms with Gasteiger partial charge < -0.3 is 4.98 Å². The number of nitriles is 1. The fourth-order valence-corrected chi connectivity index (χ4v) is 1.88. The Bertz CT molecular complexity index is 669. The van der Waals surface area contributed by atoms with Gasteiger partial charge in [-0.2, -0.15) is 18.4 Å². The molecule has 0 amide bonds. The number of hydrogen-bond donors (Lipinski definition) is 1. The summed E-state index contributed by atoms with van der Waals surface area (Å²) in [6, 6.07) is 6.93. The number of nitrogens with zero attached hydrogens (tertiary/aromatic N) is 1. The summed E-state index contributed by atoms with van der Waals surface area (Å²) in [5.74, 6) is 0. The Labute approximate surface area is 116 Å². The first-order valence-corrected chi connectivity index (χ1v) is 5.74. The van der Waals surface area contributed by atoms with Crippen molar-refractivity contribution in [2.24, 2.45) is 0 Å². The largest absolute Gasteiger partial charge is 0.431 e. The number of benzene rings is 1. The van der Waals surface area contributed by atoms with E-state index >= 15 is 0 Å². The Balaban J connectivity index is 2.59. The molecule has 0 fully saturated rings. The predicted octanol–water partition coefficient (Wildman–Crippen LogP) is 4.88. The number of aromatic amines is 1. The SMILES string of the molecule is N#Cc1[nH]c(C(F)(F)F)cc1-c1ccc(Cl)c(Cl)c1. The number of halogens is 5. The number of rotatable bonds is 1. The van der Waals surface area contributed by atoms with Crippen molar-refractivity contribution in [3.63, 3.8) is 0 Å². The van der Waals surface area contributed by atoms with E-state index in [1.165, 1.54) is 18.2 Å². The number of H-pyrrole nitrogens is 1. The zero-order valence-corrected chi connectivity index (χ0v) is 10.7. The van der Waals surface area contributed by atoms with Gasteiger partial charge in [-0.1, -0.05) is 29.3 Å². The Hall–Kier alpha value is -1.64. The van der Waals surface area contributed by atoms with Crippen molar-refractivity contribution in [2.45, 2.75) is 6.18 Å². The molecule has 0 aliphatic rings. The molecular formula is C12H5Cl2F3N2. The molecule has 0 unspecified atom stereocenters. The van der Waals surface area contributed by atoms with Crippen LogP contribution in [0.5, 0.6) is 0 Å². The first-order valence-electron chi connectivity index (χ1n) is 4.98. The maximum Gasteiger partial charge on any atom is 0.431 e. The quantitative estimate of drug-likeness (QED) is 0.801. The third-order valence-electron chi connectivity index (χ3n) is 2.47. The van der Waals surface area contributed by atoms with Gasteiger partial charge >= 0.3 is 6.18 Å². The van der Waals surface area contributed by atoms with Crippen LogP contribution in [0.1, 0.15) is 11.4 Å². The second-order valence-electron chi connectivity index (χ2n) is 3.71. The standard InChI is InChI=1S/C12H5Cl2F3N2/c13-8-2-1-6(3-9(8)14)7-4-11(12(15,16)17)19-10(7)5-18/h1-4,19H. The molecule has 0 bridgehead atoms. The molecule has 1 aromatic carbocycles. The normalized spacial score (nSPS) is 11.4. The van der Waals surface area contributed by atoms with E-state index < -0.39 is 11.9 Å². The molecule has 1 aromatic heterocycles. The molecule has 19 heavy (non-hydrogen) atoms. The van der Waals surface area contributed by atoms with Crippen LogP contribution in [0, 0.1) is 11.3 Å². The molecule has 7 heteroatoms. The zero-order valence-electron chi connectivity index (χ0n) is 9.15. The first kappa shape index (κ1) is 13.8. The van der Waals surface area contributed by atoms with Crippen LogP contribution in [0.2, 0.25) is 10.0 Å². The highest BCUT2D eigenvalue weighted by molar-refractivity contribution is 6.42. The van der Waals surface area contributed by atoms with Crippen LogP contribution in [-0.4, -0.2) is 4.98 Å². The molecule has 0 radical (unpaired) electrons. The average molecular weight is 305 g/mol. The summed E-state index contributed by atoms with van der Waals surface area (Å²) >= 11 is 11.5. The lowest BCUT2D eigenvalue weighted by atomic mass is 10.1. The van der Waals surface area contributed by atoms with Crippen molar-refractivity contribution >= 4 is 23.2 Å². The molecule has 2 rings (SSSR count). The van der Waals surface area contributed by atoms with Crippen molar-refractivity contribution in [3.8, 4) is 17.2 Å². The second-order valence-corrected chi connectivity index (χ2v) is 4.52. The molecular weight excluding hydrogens is 300 g/mol. The van der Waals surface area contributed by atoms with Gasteiger partial charge in [0.05, 0.1) is 10.0 Å². The van der Waals surface area contributed by atoms with Crippen molar-refractivity contribution in [3.05, 3.63) is 45.7 Å². The van der Waals surface area contributed by atoms with Crippen molar-refractivity contribution < 1.29 is 13.2 Å². The summed E-state index contributed by atoms with van der Waals surface area (Å²) in [6.07, 6.45) is -4.54. The van der Waals surface area contributed by atoms with Crippen LogP contribution in [0.3, 0.4) is 0 Å². The number of aromatic nitrogens is 1. The van der Waals surface area contributed by atoms with Crippen LogP contribution in [-0.2, 0) is 6.18 Å². The molecule has 98 valence electrons. The smallest absolute Gasteiger partial charge is 0.342 e. The molecule has 0 aliphatic heterocycles. The van der Waals surface area contributed by atoms with Gasteiger partial charge in [-0.25, -0.2) is 0 Å². The van der Waals surface area contributed by atoms with Gasteiger partial charge in [-0.05, 0) is 23.8 Å². The highest BCUT2D eigenvalue weighted by Crippen LogP contribution is 2.35. The Morgan fingerprint density at radius 3 is 2.32 bits per heavy atom.